The molecule has 0 unspecified atom stereocenters. The molecule has 0 aliphatic heterocycles. The quantitative estimate of drug-likeness (QED) is 0.885. The zero-order chi connectivity index (χ0) is 14.0. The molecule has 1 fully saturated rings. The van der Waals surface area contributed by atoms with E-state index < -0.39 is 11.4 Å². The number of aliphatic carboxylic acids is 1. The topological polar surface area (TPSA) is 65.0 Å². The largest absolute Gasteiger partial charge is 0.496 e. The van der Waals surface area contributed by atoms with Gasteiger partial charge in [-0.15, -0.1) is 0 Å². The van der Waals surface area contributed by atoms with Gasteiger partial charge in [-0.2, -0.15) is 0 Å². The van der Waals surface area contributed by atoms with E-state index in [1.807, 2.05) is 0 Å². The monoisotopic (exact) mass is 266 g/mol. The number of carbonyl (C=O) groups is 1. The van der Waals surface area contributed by atoms with Crippen LogP contribution >= 0.6 is 0 Å². The zero-order valence-corrected chi connectivity index (χ0v) is 11.4. The Morgan fingerprint density at radius 3 is 1.89 bits per heavy atom. The molecule has 0 saturated heterocycles. The van der Waals surface area contributed by atoms with Gasteiger partial charge in [0.2, 0.25) is 0 Å². The molecule has 0 amide bonds. The second-order valence-corrected chi connectivity index (χ2v) is 4.65. The minimum absolute atomic E-state index is 0.498. The van der Waals surface area contributed by atoms with Crippen molar-refractivity contribution in [1.29, 1.82) is 0 Å². The maximum Gasteiger partial charge on any atom is 0.314 e. The van der Waals surface area contributed by atoms with Crippen LogP contribution in [0.15, 0.2) is 12.1 Å². The first kappa shape index (κ1) is 13.5. The summed E-state index contributed by atoms with van der Waals surface area (Å²) in [5.41, 5.74) is -0.291. The fourth-order valence-electron chi connectivity index (χ4n) is 2.58. The predicted octanol–water partition coefficient (Wildman–Crippen LogP) is 2.22. The van der Waals surface area contributed by atoms with Gasteiger partial charge in [-0.25, -0.2) is 0 Å². The molecular formula is C14H18O5. The maximum absolute atomic E-state index is 11.7. The molecule has 1 saturated carbocycles. The van der Waals surface area contributed by atoms with Crippen molar-refractivity contribution in [3.63, 3.8) is 0 Å². The van der Waals surface area contributed by atoms with E-state index in [9.17, 15) is 9.90 Å². The first-order chi connectivity index (χ1) is 9.08. The highest BCUT2D eigenvalue weighted by Gasteiger charge is 2.49. The van der Waals surface area contributed by atoms with Gasteiger partial charge in [0, 0.05) is 12.1 Å². The molecule has 1 N–H and O–H groups in total. The summed E-state index contributed by atoms with van der Waals surface area (Å²) in [6.45, 7) is 0. The smallest absolute Gasteiger partial charge is 0.314 e. The van der Waals surface area contributed by atoms with E-state index in [1.165, 1.54) is 14.2 Å². The van der Waals surface area contributed by atoms with Crippen LogP contribution in [0.4, 0.5) is 0 Å². The number of benzene rings is 1. The fourth-order valence-corrected chi connectivity index (χ4v) is 2.58. The Hall–Kier alpha value is -1.91. The van der Waals surface area contributed by atoms with E-state index in [0.717, 1.165) is 6.42 Å². The number of ether oxygens (including phenoxy) is 3. The number of carboxylic acid groups (broad SMARTS) is 1. The van der Waals surface area contributed by atoms with E-state index in [1.54, 1.807) is 19.2 Å². The van der Waals surface area contributed by atoms with Crippen molar-refractivity contribution in [1.82, 2.24) is 0 Å². The van der Waals surface area contributed by atoms with E-state index >= 15 is 0 Å². The van der Waals surface area contributed by atoms with Crippen molar-refractivity contribution in [2.24, 2.45) is 0 Å². The number of hydrogen-bond donors (Lipinski definition) is 1. The van der Waals surface area contributed by atoms with Crippen LogP contribution in [0, 0.1) is 0 Å². The Bertz CT molecular complexity index is 466. The zero-order valence-electron chi connectivity index (χ0n) is 11.4. The van der Waals surface area contributed by atoms with Crippen molar-refractivity contribution in [3.8, 4) is 17.2 Å². The Morgan fingerprint density at radius 1 is 1.11 bits per heavy atom. The van der Waals surface area contributed by atoms with Crippen LogP contribution in [0.1, 0.15) is 24.8 Å². The van der Waals surface area contributed by atoms with Crippen LogP contribution in [0.2, 0.25) is 0 Å². The normalized spacial score (nSPS) is 16.4. The summed E-state index contributed by atoms with van der Waals surface area (Å²) in [7, 11) is 4.59. The van der Waals surface area contributed by atoms with Crippen molar-refractivity contribution < 1.29 is 24.1 Å². The second kappa shape index (κ2) is 4.99. The van der Waals surface area contributed by atoms with Gasteiger partial charge in [0.15, 0.2) is 0 Å². The van der Waals surface area contributed by atoms with E-state index in [2.05, 4.69) is 0 Å². The highest BCUT2D eigenvalue weighted by atomic mass is 16.5. The predicted molar refractivity (Wildman–Crippen MR) is 69.3 cm³/mol. The SMILES string of the molecule is COc1cc(OC)c(C2(C(=O)O)CCC2)c(OC)c1. The number of rotatable bonds is 5. The molecular weight excluding hydrogens is 248 g/mol. The fraction of sp³-hybridized carbons (Fsp3) is 0.500. The lowest BCUT2D eigenvalue weighted by Gasteiger charge is -2.39. The molecule has 1 aliphatic rings. The van der Waals surface area contributed by atoms with Gasteiger partial charge >= 0.3 is 5.97 Å². The van der Waals surface area contributed by atoms with Crippen molar-refractivity contribution >= 4 is 5.97 Å². The summed E-state index contributed by atoms with van der Waals surface area (Å²) < 4.78 is 15.8. The van der Waals surface area contributed by atoms with E-state index in [-0.39, 0.29) is 0 Å². The van der Waals surface area contributed by atoms with E-state index in [4.69, 9.17) is 14.2 Å². The van der Waals surface area contributed by atoms with Gasteiger partial charge in [0.1, 0.15) is 17.2 Å². The first-order valence-corrected chi connectivity index (χ1v) is 6.13. The second-order valence-electron chi connectivity index (χ2n) is 4.65. The molecule has 1 aliphatic carbocycles. The van der Waals surface area contributed by atoms with Crippen molar-refractivity contribution in [2.45, 2.75) is 24.7 Å². The lowest BCUT2D eigenvalue weighted by Crippen LogP contribution is -2.42. The Morgan fingerprint density at radius 2 is 1.63 bits per heavy atom. The summed E-state index contributed by atoms with van der Waals surface area (Å²) in [6.07, 6.45) is 2.09. The molecule has 104 valence electrons. The summed E-state index contributed by atoms with van der Waals surface area (Å²) in [4.78, 5) is 11.7. The Balaban J connectivity index is 2.63. The molecule has 19 heavy (non-hydrogen) atoms. The average Bonchev–Trinajstić information content (AvgIpc) is 2.36. The van der Waals surface area contributed by atoms with Gasteiger partial charge in [0.05, 0.1) is 32.3 Å². The molecule has 1 aromatic carbocycles. The Labute approximate surface area is 112 Å². The molecule has 0 atom stereocenters. The summed E-state index contributed by atoms with van der Waals surface area (Å²) >= 11 is 0. The molecule has 0 aromatic heterocycles. The number of hydrogen-bond acceptors (Lipinski definition) is 4. The Kier molecular flexibility index (Phi) is 3.55. The lowest BCUT2D eigenvalue weighted by molar-refractivity contribution is -0.147. The van der Waals surface area contributed by atoms with Crippen LogP contribution in [0.5, 0.6) is 17.2 Å². The van der Waals surface area contributed by atoms with Crippen molar-refractivity contribution in [2.75, 3.05) is 21.3 Å². The summed E-state index contributed by atoms with van der Waals surface area (Å²) in [6, 6.07) is 3.39. The van der Waals surface area contributed by atoms with Crippen LogP contribution in [-0.2, 0) is 10.2 Å². The number of carboxylic acids is 1. The number of methoxy groups -OCH3 is 3. The highest BCUT2D eigenvalue weighted by molar-refractivity contribution is 5.85. The molecule has 0 heterocycles. The molecule has 0 radical (unpaired) electrons. The van der Waals surface area contributed by atoms with Gasteiger partial charge in [-0.1, -0.05) is 6.42 Å². The molecule has 0 bridgehead atoms. The van der Waals surface area contributed by atoms with E-state index in [0.29, 0.717) is 35.7 Å². The molecule has 2 rings (SSSR count). The minimum atomic E-state index is -0.900. The third-order valence-corrected chi connectivity index (χ3v) is 3.81. The van der Waals surface area contributed by atoms with Crippen LogP contribution in [0.3, 0.4) is 0 Å². The molecule has 1 aromatic rings. The third-order valence-electron chi connectivity index (χ3n) is 3.81. The van der Waals surface area contributed by atoms with Crippen molar-refractivity contribution in [3.05, 3.63) is 17.7 Å². The van der Waals surface area contributed by atoms with Gasteiger partial charge in [-0.05, 0) is 12.8 Å². The van der Waals surface area contributed by atoms with Gasteiger partial charge in [0.25, 0.3) is 0 Å². The molecule has 5 heteroatoms. The minimum Gasteiger partial charge on any atom is -0.496 e. The highest BCUT2D eigenvalue weighted by Crippen LogP contribution is 2.52. The average molecular weight is 266 g/mol. The lowest BCUT2D eigenvalue weighted by atomic mass is 9.64. The van der Waals surface area contributed by atoms with Crippen LogP contribution in [0.25, 0.3) is 0 Å². The standard InChI is InChI=1S/C14H18O5/c1-17-9-7-10(18-2)12(11(8-9)19-3)14(13(15)16)5-4-6-14/h7-8H,4-6H2,1-3H3,(H,15,16). The maximum atomic E-state index is 11.7. The first-order valence-electron chi connectivity index (χ1n) is 6.13. The van der Waals surface area contributed by atoms with Crippen LogP contribution < -0.4 is 14.2 Å². The summed E-state index contributed by atoms with van der Waals surface area (Å²) in [5.74, 6) is 0.745. The van der Waals surface area contributed by atoms with Crippen LogP contribution in [-0.4, -0.2) is 32.4 Å². The van der Waals surface area contributed by atoms with Gasteiger partial charge in [-0.3, -0.25) is 4.79 Å². The molecule has 0 spiro atoms. The molecule has 5 nitrogen and oxygen atoms in total. The third kappa shape index (κ3) is 1.99. The summed E-state index contributed by atoms with van der Waals surface area (Å²) in [5, 5.41) is 9.56. The van der Waals surface area contributed by atoms with Gasteiger partial charge < -0.3 is 19.3 Å².